The number of rotatable bonds is 3. The average Bonchev–Trinajstić information content (AvgIpc) is 2.11. The van der Waals surface area contributed by atoms with Crippen LogP contribution in [0.15, 0.2) is 0 Å². The molecule has 0 aliphatic rings. The van der Waals surface area contributed by atoms with E-state index in [1.54, 1.807) is 0 Å². The number of hydrogen-bond acceptors (Lipinski definition) is 2. The molecule has 0 aliphatic carbocycles. The Morgan fingerprint density at radius 2 is 1.22 bits per heavy atom. The van der Waals surface area contributed by atoms with E-state index in [0.29, 0.717) is 0 Å². The van der Waals surface area contributed by atoms with Gasteiger partial charge in [-0.3, -0.25) is 4.79 Å². The Kier molecular flexibility index (Phi) is 3.99. The molecule has 1 unspecified atom stereocenters. The minimum atomic E-state index is -6.87. The summed E-state index contributed by atoms with van der Waals surface area (Å²) < 4.78 is 121. The highest BCUT2D eigenvalue weighted by atomic mass is 19.4. The maximum absolute atomic E-state index is 12.8. The molecule has 0 radical (unpaired) electrons. The summed E-state index contributed by atoms with van der Waals surface area (Å²) in [6, 6.07) is -10.8. The van der Waals surface area contributed by atoms with Crippen LogP contribution in [-0.2, 0) is 4.79 Å². The number of hydrogen-bond donors (Lipinski definition) is 0. The van der Waals surface area contributed by atoms with Gasteiger partial charge in [0.15, 0.2) is 0 Å². The fourth-order valence-electron chi connectivity index (χ4n) is 0.791. The molecule has 1 atom stereocenters. The summed E-state index contributed by atoms with van der Waals surface area (Å²) in [6.07, 6.45) is -13.0. The lowest BCUT2D eigenvalue weighted by atomic mass is 10.0. The maximum atomic E-state index is 12.8. The van der Waals surface area contributed by atoms with E-state index >= 15 is 0 Å². The molecule has 0 aliphatic heterocycles. The summed E-state index contributed by atoms with van der Waals surface area (Å²) in [5, 5.41) is 0. The third kappa shape index (κ3) is 2.37. The molecule has 18 heavy (non-hydrogen) atoms. The molecule has 2 nitrogen and oxygen atoms in total. The quantitative estimate of drug-likeness (QED) is 0.453. The molecule has 0 saturated heterocycles. The fourth-order valence-corrected chi connectivity index (χ4v) is 0.791. The maximum Gasteiger partial charge on any atom is 0.464 e. The molecule has 0 aromatic heterocycles. The van der Waals surface area contributed by atoms with E-state index in [-0.39, 0.29) is 0 Å². The average molecular weight is 295 g/mol. The highest BCUT2D eigenvalue weighted by molar-refractivity contribution is 5.80. The monoisotopic (exact) mass is 295 g/mol. The number of carbonyl (C=O) groups excluding carboxylic acids is 1. The predicted molar refractivity (Wildman–Crippen MR) is 34.8 cm³/mol. The van der Waals surface area contributed by atoms with Crippen molar-refractivity contribution in [1.82, 2.24) is 4.90 Å². The molecule has 0 aromatic rings. The van der Waals surface area contributed by atoms with Crippen LogP contribution in [0.2, 0.25) is 0 Å². The third-order valence-electron chi connectivity index (χ3n) is 1.88. The van der Waals surface area contributed by atoms with E-state index in [9.17, 15) is 48.7 Å². The van der Waals surface area contributed by atoms with Crippen molar-refractivity contribution in [3.05, 3.63) is 0 Å². The second-order valence-electron chi connectivity index (χ2n) is 3.00. The van der Waals surface area contributed by atoms with Gasteiger partial charge in [0.2, 0.25) is 0 Å². The second-order valence-corrected chi connectivity index (χ2v) is 3.00. The number of alkyl halides is 9. The minimum absolute atomic E-state index is 0.664. The van der Waals surface area contributed by atoms with Crippen LogP contribution in [0, 0.1) is 0 Å². The van der Waals surface area contributed by atoms with Crippen LogP contribution in [0.3, 0.4) is 0 Å². The van der Waals surface area contributed by atoms with Crippen molar-refractivity contribution < 1.29 is 48.7 Å². The van der Waals surface area contributed by atoms with Gasteiger partial charge in [0, 0.05) is 7.05 Å². The van der Waals surface area contributed by atoms with Crippen molar-refractivity contribution in [2.45, 2.75) is 24.2 Å². The topological polar surface area (TPSA) is 20.3 Å². The van der Waals surface area contributed by atoms with E-state index in [2.05, 4.69) is 0 Å². The van der Waals surface area contributed by atoms with Gasteiger partial charge in [0.25, 0.3) is 0 Å². The SMILES string of the molecule is CN(C(F)(F)F)C(F)(F)C(F)(C(=O)F)C(F)(F)F. The van der Waals surface area contributed by atoms with Crippen molar-refractivity contribution in [2.24, 2.45) is 0 Å². The first kappa shape index (κ1) is 16.9. The van der Waals surface area contributed by atoms with Crippen molar-refractivity contribution in [3.8, 4) is 0 Å². The Labute approximate surface area is 92.1 Å². The van der Waals surface area contributed by atoms with Gasteiger partial charge in [0.1, 0.15) is 0 Å². The van der Waals surface area contributed by atoms with Gasteiger partial charge in [-0.1, -0.05) is 0 Å². The zero-order valence-corrected chi connectivity index (χ0v) is 8.14. The summed E-state index contributed by atoms with van der Waals surface area (Å²) in [5.41, 5.74) is -6.62. The molecule has 0 amide bonds. The highest BCUT2D eigenvalue weighted by Crippen LogP contribution is 2.49. The molecule has 108 valence electrons. The second kappa shape index (κ2) is 4.24. The Morgan fingerprint density at radius 3 is 1.39 bits per heavy atom. The number of halogens is 10. The van der Waals surface area contributed by atoms with Crippen LogP contribution in [0.1, 0.15) is 0 Å². The standard InChI is InChI=1S/C6H3F10NO/c1-17(6(14,15)16)5(12,13)3(8,2(7)18)4(9,10)11/h1H3. The van der Waals surface area contributed by atoms with E-state index in [0.717, 1.165) is 0 Å². The molecule has 0 rings (SSSR count). The van der Waals surface area contributed by atoms with E-state index in [1.165, 1.54) is 0 Å². The van der Waals surface area contributed by atoms with Crippen LogP contribution >= 0.6 is 0 Å². The molecule has 0 fully saturated rings. The Bertz CT molecular complexity index is 332. The summed E-state index contributed by atoms with van der Waals surface area (Å²) >= 11 is 0. The van der Waals surface area contributed by atoms with Crippen molar-refractivity contribution >= 4 is 6.04 Å². The molecule has 0 N–H and O–H groups in total. The minimum Gasteiger partial charge on any atom is -0.257 e. The Balaban J connectivity index is 5.88. The zero-order valence-electron chi connectivity index (χ0n) is 8.14. The van der Waals surface area contributed by atoms with Crippen LogP contribution in [0.4, 0.5) is 43.9 Å². The van der Waals surface area contributed by atoms with Crippen molar-refractivity contribution in [1.29, 1.82) is 0 Å². The molecule has 0 heterocycles. The summed E-state index contributed by atoms with van der Waals surface area (Å²) in [6.45, 7) is 0. The smallest absolute Gasteiger partial charge is 0.257 e. The van der Waals surface area contributed by atoms with Crippen LogP contribution < -0.4 is 0 Å². The lowest BCUT2D eigenvalue weighted by Gasteiger charge is -2.37. The molecule has 0 bridgehead atoms. The molecule has 12 heteroatoms. The van der Waals surface area contributed by atoms with Gasteiger partial charge >= 0.3 is 30.2 Å². The first-order valence-electron chi connectivity index (χ1n) is 3.74. The Hall–Kier alpha value is -1.07. The van der Waals surface area contributed by atoms with Crippen LogP contribution in [-0.4, -0.2) is 42.2 Å². The predicted octanol–water partition coefficient (Wildman–Crippen LogP) is 2.80. The van der Waals surface area contributed by atoms with E-state index < -0.39 is 42.2 Å². The van der Waals surface area contributed by atoms with Gasteiger partial charge in [0.05, 0.1) is 0 Å². The first-order chi connectivity index (χ1) is 7.60. The summed E-state index contributed by atoms with van der Waals surface area (Å²) in [7, 11) is -0.664. The van der Waals surface area contributed by atoms with Gasteiger partial charge < -0.3 is 0 Å². The van der Waals surface area contributed by atoms with E-state index in [4.69, 9.17) is 0 Å². The van der Waals surface area contributed by atoms with Crippen LogP contribution in [0.25, 0.3) is 0 Å². The van der Waals surface area contributed by atoms with E-state index in [1.807, 2.05) is 0 Å². The molecule has 0 spiro atoms. The van der Waals surface area contributed by atoms with Gasteiger partial charge in [-0.15, -0.1) is 0 Å². The molecular weight excluding hydrogens is 292 g/mol. The van der Waals surface area contributed by atoms with Gasteiger partial charge in [-0.25, -0.2) is 4.39 Å². The molecule has 0 aromatic carbocycles. The number of carbonyl (C=O) groups is 1. The van der Waals surface area contributed by atoms with Crippen molar-refractivity contribution in [3.63, 3.8) is 0 Å². The van der Waals surface area contributed by atoms with Gasteiger partial charge in [-0.2, -0.15) is 44.4 Å². The first-order valence-corrected chi connectivity index (χ1v) is 3.74. The third-order valence-corrected chi connectivity index (χ3v) is 1.88. The van der Waals surface area contributed by atoms with Gasteiger partial charge in [-0.05, 0) is 0 Å². The fraction of sp³-hybridized carbons (Fsp3) is 0.833. The normalized spacial score (nSPS) is 17.8. The lowest BCUT2D eigenvalue weighted by Crippen LogP contribution is -2.68. The largest absolute Gasteiger partial charge is 0.464 e. The molecular formula is C6H3F10NO. The van der Waals surface area contributed by atoms with Crippen molar-refractivity contribution in [2.75, 3.05) is 7.05 Å². The number of nitrogens with zero attached hydrogens (tertiary/aromatic N) is 1. The van der Waals surface area contributed by atoms with Crippen LogP contribution in [0.5, 0.6) is 0 Å². The summed E-state index contributed by atoms with van der Waals surface area (Å²) in [5.74, 6) is 0. The lowest BCUT2D eigenvalue weighted by molar-refractivity contribution is -0.385. The highest BCUT2D eigenvalue weighted by Gasteiger charge is 2.80. The summed E-state index contributed by atoms with van der Waals surface area (Å²) in [4.78, 5) is 7.41. The Morgan fingerprint density at radius 1 is 0.889 bits per heavy atom. The zero-order chi connectivity index (χ0) is 15.2. The molecule has 0 saturated carbocycles.